The highest BCUT2D eigenvalue weighted by molar-refractivity contribution is 5.96. The summed E-state index contributed by atoms with van der Waals surface area (Å²) in [7, 11) is 4.96. The number of nitrogens with two attached hydrogens (primary N) is 1. The van der Waals surface area contributed by atoms with Crippen LogP contribution in [-0.2, 0) is 0 Å². The summed E-state index contributed by atoms with van der Waals surface area (Å²) in [5, 5.41) is 4.76. The largest absolute Gasteiger partial charge is 0.497 e. The number of fused-ring (bicyclic) bond motifs is 1. The second kappa shape index (κ2) is 8.79. The first-order chi connectivity index (χ1) is 14.6. The molecule has 0 aliphatic heterocycles. The van der Waals surface area contributed by atoms with E-state index in [1.54, 1.807) is 21.3 Å². The van der Waals surface area contributed by atoms with Crippen molar-refractivity contribution >= 4 is 16.6 Å². The number of hydrogen-bond acceptors (Lipinski definition) is 6. The maximum atomic E-state index is 6.10. The van der Waals surface area contributed by atoms with Crippen LogP contribution in [0.4, 0.5) is 5.69 Å². The van der Waals surface area contributed by atoms with Crippen molar-refractivity contribution in [2.75, 3.05) is 26.6 Å². The Kier molecular flexibility index (Phi) is 5.95. The molecule has 3 aromatic rings. The molecule has 6 nitrogen and oxygen atoms in total. The smallest absolute Gasteiger partial charge is 0.162 e. The quantitative estimate of drug-likeness (QED) is 0.621. The molecular weight excluding hydrogens is 378 g/mol. The molecule has 4 rings (SSSR count). The molecule has 0 bridgehead atoms. The van der Waals surface area contributed by atoms with Crippen LogP contribution in [0.2, 0.25) is 0 Å². The van der Waals surface area contributed by atoms with E-state index in [2.05, 4.69) is 11.4 Å². The van der Waals surface area contributed by atoms with Gasteiger partial charge in [-0.2, -0.15) is 0 Å². The van der Waals surface area contributed by atoms with Gasteiger partial charge in [0.15, 0.2) is 11.5 Å². The summed E-state index contributed by atoms with van der Waals surface area (Å²) < 4.78 is 16.3. The van der Waals surface area contributed by atoms with Gasteiger partial charge in [-0.05, 0) is 62.1 Å². The Bertz CT molecular complexity index is 1010. The summed E-state index contributed by atoms with van der Waals surface area (Å²) in [6.45, 7) is 0. The average Bonchev–Trinajstić information content (AvgIpc) is 2.79. The molecule has 0 amide bonds. The normalized spacial score (nSPS) is 18.8. The van der Waals surface area contributed by atoms with Crippen LogP contribution in [0.5, 0.6) is 17.2 Å². The van der Waals surface area contributed by atoms with Crippen LogP contribution in [0.25, 0.3) is 22.2 Å². The molecule has 1 aliphatic carbocycles. The van der Waals surface area contributed by atoms with Gasteiger partial charge in [0.25, 0.3) is 0 Å². The molecule has 6 heteroatoms. The fourth-order valence-corrected chi connectivity index (χ4v) is 4.07. The molecule has 1 fully saturated rings. The van der Waals surface area contributed by atoms with Crippen LogP contribution in [0, 0.1) is 0 Å². The molecule has 0 spiro atoms. The number of hydrogen-bond donors (Lipinski definition) is 2. The standard InChI is InChI=1S/C24H29N3O3/c1-28-18-10-4-15(5-11-18)20-13-21(26-17-8-6-16(25)7-9-17)19-12-23(29-2)24(30-3)14-22(19)27-20/h4-5,10-14,16-17H,6-9,25H2,1-3H3,(H,26,27)/t16-,17+. The molecule has 158 valence electrons. The summed E-state index contributed by atoms with van der Waals surface area (Å²) in [4.78, 5) is 4.91. The molecular formula is C24H29N3O3. The van der Waals surface area contributed by atoms with Gasteiger partial charge >= 0.3 is 0 Å². The number of nitrogens with zero attached hydrogens (tertiary/aromatic N) is 1. The molecule has 0 atom stereocenters. The van der Waals surface area contributed by atoms with E-state index >= 15 is 0 Å². The maximum absolute atomic E-state index is 6.10. The van der Waals surface area contributed by atoms with Crippen LogP contribution in [0.3, 0.4) is 0 Å². The van der Waals surface area contributed by atoms with E-state index < -0.39 is 0 Å². The van der Waals surface area contributed by atoms with Crippen LogP contribution >= 0.6 is 0 Å². The summed E-state index contributed by atoms with van der Waals surface area (Å²) in [6.07, 6.45) is 4.22. The molecule has 0 radical (unpaired) electrons. The number of methoxy groups -OCH3 is 3. The molecule has 2 aromatic carbocycles. The van der Waals surface area contributed by atoms with Crippen LogP contribution in [0.1, 0.15) is 25.7 Å². The third kappa shape index (κ3) is 4.14. The van der Waals surface area contributed by atoms with Crippen molar-refractivity contribution in [2.45, 2.75) is 37.8 Å². The molecule has 1 aromatic heterocycles. The number of rotatable bonds is 6. The third-order valence-electron chi connectivity index (χ3n) is 5.83. The van der Waals surface area contributed by atoms with Crippen molar-refractivity contribution in [1.82, 2.24) is 4.98 Å². The Morgan fingerprint density at radius 2 is 1.53 bits per heavy atom. The zero-order valence-corrected chi connectivity index (χ0v) is 17.8. The highest BCUT2D eigenvalue weighted by Crippen LogP contribution is 2.37. The molecule has 1 saturated carbocycles. The number of anilines is 1. The highest BCUT2D eigenvalue weighted by atomic mass is 16.5. The van der Waals surface area contributed by atoms with Gasteiger partial charge in [-0.15, -0.1) is 0 Å². The van der Waals surface area contributed by atoms with Gasteiger partial charge in [-0.3, -0.25) is 0 Å². The first kappa shape index (κ1) is 20.3. The SMILES string of the molecule is COc1ccc(-c2cc(N[C@H]3CC[C@@H](N)CC3)c3cc(OC)c(OC)cc3n2)cc1. The Hall–Kier alpha value is -2.99. The zero-order valence-electron chi connectivity index (χ0n) is 17.8. The van der Waals surface area contributed by atoms with E-state index in [9.17, 15) is 0 Å². The molecule has 30 heavy (non-hydrogen) atoms. The summed E-state index contributed by atoms with van der Waals surface area (Å²) in [6, 6.07) is 14.7. The number of pyridine rings is 1. The van der Waals surface area contributed by atoms with Gasteiger partial charge in [-0.1, -0.05) is 0 Å². The van der Waals surface area contributed by atoms with E-state index in [1.165, 1.54) is 0 Å². The fourth-order valence-electron chi connectivity index (χ4n) is 4.07. The predicted octanol–water partition coefficient (Wildman–Crippen LogP) is 4.61. The lowest BCUT2D eigenvalue weighted by Crippen LogP contribution is -2.32. The molecule has 1 heterocycles. The third-order valence-corrected chi connectivity index (χ3v) is 5.83. The van der Waals surface area contributed by atoms with Crippen LogP contribution < -0.4 is 25.3 Å². The maximum Gasteiger partial charge on any atom is 0.162 e. The zero-order chi connectivity index (χ0) is 21.1. The van der Waals surface area contributed by atoms with Crippen molar-refractivity contribution in [3.05, 3.63) is 42.5 Å². The van der Waals surface area contributed by atoms with Gasteiger partial charge in [-0.25, -0.2) is 4.98 Å². The van der Waals surface area contributed by atoms with Crippen LogP contribution in [-0.4, -0.2) is 38.4 Å². The minimum absolute atomic E-state index is 0.316. The predicted molar refractivity (Wildman–Crippen MR) is 121 cm³/mol. The average molecular weight is 408 g/mol. The molecule has 0 unspecified atom stereocenters. The van der Waals surface area contributed by atoms with E-state index in [4.69, 9.17) is 24.9 Å². The lowest BCUT2D eigenvalue weighted by Gasteiger charge is -2.28. The second-order valence-corrected chi connectivity index (χ2v) is 7.76. The lowest BCUT2D eigenvalue weighted by atomic mass is 9.91. The molecule has 0 saturated heterocycles. The Labute approximate surface area is 177 Å². The Balaban J connectivity index is 1.80. The minimum Gasteiger partial charge on any atom is -0.497 e. The first-order valence-corrected chi connectivity index (χ1v) is 10.3. The van der Waals surface area contributed by atoms with Gasteiger partial charge in [0.1, 0.15) is 5.75 Å². The number of aromatic nitrogens is 1. The van der Waals surface area contributed by atoms with Gasteiger partial charge in [0.05, 0.1) is 32.5 Å². The molecule has 1 aliphatic rings. The highest BCUT2D eigenvalue weighted by Gasteiger charge is 2.20. The van der Waals surface area contributed by atoms with E-state index in [-0.39, 0.29) is 0 Å². The summed E-state index contributed by atoms with van der Waals surface area (Å²) in [5.41, 5.74) is 9.93. The van der Waals surface area contributed by atoms with Crippen molar-refractivity contribution in [3.8, 4) is 28.5 Å². The summed E-state index contributed by atoms with van der Waals surface area (Å²) >= 11 is 0. The second-order valence-electron chi connectivity index (χ2n) is 7.76. The molecule has 3 N–H and O–H groups in total. The van der Waals surface area contributed by atoms with Gasteiger partial charge < -0.3 is 25.3 Å². The monoisotopic (exact) mass is 407 g/mol. The Morgan fingerprint density at radius 1 is 0.867 bits per heavy atom. The van der Waals surface area contributed by atoms with E-state index in [0.717, 1.165) is 59.3 Å². The van der Waals surface area contributed by atoms with Crippen molar-refractivity contribution in [3.63, 3.8) is 0 Å². The van der Waals surface area contributed by atoms with Gasteiger partial charge in [0, 0.05) is 34.8 Å². The van der Waals surface area contributed by atoms with Crippen molar-refractivity contribution < 1.29 is 14.2 Å². The van der Waals surface area contributed by atoms with E-state index in [0.29, 0.717) is 23.6 Å². The van der Waals surface area contributed by atoms with Crippen molar-refractivity contribution in [1.29, 1.82) is 0 Å². The van der Waals surface area contributed by atoms with Gasteiger partial charge in [0.2, 0.25) is 0 Å². The fraction of sp³-hybridized carbons (Fsp3) is 0.375. The Morgan fingerprint density at radius 3 is 2.17 bits per heavy atom. The summed E-state index contributed by atoms with van der Waals surface area (Å²) in [5.74, 6) is 2.18. The topological polar surface area (TPSA) is 78.6 Å². The minimum atomic E-state index is 0.316. The first-order valence-electron chi connectivity index (χ1n) is 10.3. The van der Waals surface area contributed by atoms with E-state index in [1.807, 2.05) is 36.4 Å². The number of ether oxygens (including phenoxy) is 3. The van der Waals surface area contributed by atoms with Crippen molar-refractivity contribution in [2.24, 2.45) is 5.73 Å². The van der Waals surface area contributed by atoms with Crippen LogP contribution in [0.15, 0.2) is 42.5 Å². The lowest BCUT2D eigenvalue weighted by molar-refractivity contribution is 0.356. The number of benzene rings is 2. The number of nitrogens with one attached hydrogen (secondary N) is 1.